The number of aliphatic hydroxyl groups is 1. The fourth-order valence-electron chi connectivity index (χ4n) is 4.38. The lowest BCUT2D eigenvalue weighted by molar-refractivity contribution is 0.0752. The van der Waals surface area contributed by atoms with E-state index in [-0.39, 0.29) is 6.10 Å². The van der Waals surface area contributed by atoms with Crippen molar-refractivity contribution in [2.45, 2.75) is 25.4 Å². The van der Waals surface area contributed by atoms with Gasteiger partial charge in [-0.15, -0.1) is 0 Å². The van der Waals surface area contributed by atoms with Crippen LogP contribution >= 0.6 is 0 Å². The molecule has 1 heteroatoms. The van der Waals surface area contributed by atoms with E-state index in [9.17, 15) is 5.11 Å². The summed E-state index contributed by atoms with van der Waals surface area (Å²) in [4.78, 5) is 0. The van der Waals surface area contributed by atoms with Gasteiger partial charge in [0.2, 0.25) is 0 Å². The highest BCUT2D eigenvalue weighted by atomic mass is 16.3. The van der Waals surface area contributed by atoms with Crippen molar-refractivity contribution in [3.05, 3.63) is 0 Å². The fourth-order valence-corrected chi connectivity index (χ4v) is 4.38. The molecule has 0 amide bonds. The Bertz CT molecular complexity index is 211. The molecule has 10 heavy (non-hydrogen) atoms. The first kappa shape index (κ1) is 4.76. The van der Waals surface area contributed by atoms with Crippen LogP contribution in [0.2, 0.25) is 0 Å². The lowest BCUT2D eigenvalue weighted by atomic mass is 9.85. The summed E-state index contributed by atoms with van der Waals surface area (Å²) in [5.41, 5.74) is 0.842. The quantitative estimate of drug-likeness (QED) is 0.527. The van der Waals surface area contributed by atoms with E-state index in [2.05, 4.69) is 0 Å². The molecular weight excluding hydrogens is 124 g/mol. The van der Waals surface area contributed by atoms with Gasteiger partial charge in [-0.3, -0.25) is 0 Å². The van der Waals surface area contributed by atoms with E-state index in [4.69, 9.17) is 0 Å². The minimum atomic E-state index is 0.0932. The SMILES string of the molecule is OC1CCC23CC1C1C2C13. The van der Waals surface area contributed by atoms with E-state index in [0.717, 1.165) is 35.5 Å². The molecule has 5 rings (SSSR count). The molecule has 5 aliphatic carbocycles. The average molecular weight is 136 g/mol. The first-order valence-corrected chi connectivity index (χ1v) is 4.53. The molecule has 1 spiro atoms. The van der Waals surface area contributed by atoms with Gasteiger partial charge in [0.25, 0.3) is 0 Å². The van der Waals surface area contributed by atoms with Crippen LogP contribution in [0.4, 0.5) is 0 Å². The van der Waals surface area contributed by atoms with E-state index in [1.165, 1.54) is 12.8 Å². The highest BCUT2D eigenvalue weighted by molar-refractivity contribution is 5.37. The Kier molecular flexibility index (Phi) is 0.471. The van der Waals surface area contributed by atoms with Crippen LogP contribution in [-0.4, -0.2) is 11.2 Å². The lowest BCUT2D eigenvalue weighted by Gasteiger charge is -2.24. The molecule has 1 N–H and O–H groups in total. The second-order valence-corrected chi connectivity index (χ2v) is 4.84. The van der Waals surface area contributed by atoms with Crippen LogP contribution in [0.1, 0.15) is 19.3 Å². The second kappa shape index (κ2) is 0.989. The van der Waals surface area contributed by atoms with Gasteiger partial charge in [0.15, 0.2) is 0 Å². The van der Waals surface area contributed by atoms with Gasteiger partial charge < -0.3 is 5.11 Å². The van der Waals surface area contributed by atoms with Gasteiger partial charge in [-0.05, 0) is 48.3 Å². The van der Waals surface area contributed by atoms with E-state index < -0.39 is 0 Å². The van der Waals surface area contributed by atoms with Crippen molar-refractivity contribution in [2.75, 3.05) is 0 Å². The van der Waals surface area contributed by atoms with Crippen molar-refractivity contribution in [1.29, 1.82) is 0 Å². The van der Waals surface area contributed by atoms with E-state index in [0.29, 0.717) is 0 Å². The molecule has 0 radical (unpaired) electrons. The maximum Gasteiger partial charge on any atom is 0.0571 e. The summed E-state index contributed by atoms with van der Waals surface area (Å²) in [7, 11) is 0. The number of hydrogen-bond donors (Lipinski definition) is 1. The molecule has 4 unspecified atom stereocenters. The van der Waals surface area contributed by atoms with Crippen LogP contribution in [0.25, 0.3) is 0 Å². The summed E-state index contributed by atoms with van der Waals surface area (Å²) in [6.07, 6.45) is 3.97. The largest absolute Gasteiger partial charge is 0.393 e. The molecule has 5 fully saturated rings. The van der Waals surface area contributed by atoms with Crippen LogP contribution < -0.4 is 0 Å². The third-order valence-corrected chi connectivity index (χ3v) is 4.80. The Labute approximate surface area is 60.4 Å². The summed E-state index contributed by atoms with van der Waals surface area (Å²) in [6.45, 7) is 0. The molecule has 5 aliphatic rings. The van der Waals surface area contributed by atoms with Crippen molar-refractivity contribution in [3.63, 3.8) is 0 Å². The molecule has 54 valence electrons. The normalized spacial score (nSPS) is 80.7. The van der Waals surface area contributed by atoms with Gasteiger partial charge in [-0.2, -0.15) is 0 Å². The predicted octanol–water partition coefficient (Wildman–Crippen LogP) is 1.02. The van der Waals surface area contributed by atoms with Gasteiger partial charge in [-0.25, -0.2) is 0 Å². The predicted molar refractivity (Wildman–Crippen MR) is 36.3 cm³/mol. The second-order valence-electron chi connectivity index (χ2n) is 4.84. The third-order valence-electron chi connectivity index (χ3n) is 4.80. The first-order chi connectivity index (χ1) is 4.84. The smallest absolute Gasteiger partial charge is 0.0571 e. The maximum absolute atomic E-state index is 9.60. The van der Waals surface area contributed by atoms with Crippen LogP contribution in [0.3, 0.4) is 0 Å². The van der Waals surface area contributed by atoms with Crippen molar-refractivity contribution >= 4 is 0 Å². The van der Waals surface area contributed by atoms with Gasteiger partial charge >= 0.3 is 0 Å². The van der Waals surface area contributed by atoms with E-state index in [1.54, 1.807) is 0 Å². The summed E-state index contributed by atoms with van der Waals surface area (Å²) in [5, 5.41) is 9.60. The third kappa shape index (κ3) is 0.254. The number of hydrogen-bond acceptors (Lipinski definition) is 1. The summed E-state index contributed by atoms with van der Waals surface area (Å²) in [6, 6.07) is 0. The van der Waals surface area contributed by atoms with Gasteiger partial charge in [-0.1, -0.05) is 0 Å². The minimum absolute atomic E-state index is 0.0932. The summed E-state index contributed by atoms with van der Waals surface area (Å²) in [5.74, 6) is 4.01. The molecule has 0 aromatic rings. The maximum atomic E-state index is 9.60. The van der Waals surface area contributed by atoms with Crippen LogP contribution in [0, 0.1) is 29.1 Å². The molecule has 0 aromatic heterocycles. The molecule has 1 nitrogen and oxygen atoms in total. The highest BCUT2D eigenvalue weighted by Crippen LogP contribution is 2.94. The van der Waals surface area contributed by atoms with Gasteiger partial charge in [0.1, 0.15) is 0 Å². The van der Waals surface area contributed by atoms with Crippen LogP contribution in [-0.2, 0) is 0 Å². The average Bonchev–Trinajstić information content (AvgIpc) is 2.75. The topological polar surface area (TPSA) is 20.2 Å². The Hall–Kier alpha value is -0.0400. The lowest BCUT2D eigenvalue weighted by Crippen LogP contribution is -2.22. The summed E-state index contributed by atoms with van der Waals surface area (Å²) < 4.78 is 0. The fraction of sp³-hybridized carbons (Fsp3) is 1.00. The minimum Gasteiger partial charge on any atom is -0.393 e. The number of aliphatic hydroxyl groups excluding tert-OH is 1. The molecule has 0 aromatic carbocycles. The van der Waals surface area contributed by atoms with Crippen molar-refractivity contribution in [1.82, 2.24) is 0 Å². The molecule has 3 bridgehead atoms. The standard InChI is InChI=1S/C9H12O/c10-5-1-2-9-3-4(5)6-7(9)8(6)9/h4-8,10H,1-3H2. The molecule has 0 aliphatic heterocycles. The molecule has 5 saturated carbocycles. The van der Waals surface area contributed by atoms with Gasteiger partial charge in [0.05, 0.1) is 6.10 Å². The van der Waals surface area contributed by atoms with Crippen molar-refractivity contribution in [3.8, 4) is 0 Å². The molecule has 0 saturated heterocycles. The van der Waals surface area contributed by atoms with E-state index >= 15 is 0 Å². The van der Waals surface area contributed by atoms with Crippen LogP contribution in [0.15, 0.2) is 0 Å². The monoisotopic (exact) mass is 136 g/mol. The Morgan fingerprint density at radius 3 is 2.80 bits per heavy atom. The van der Waals surface area contributed by atoms with Crippen molar-refractivity contribution < 1.29 is 5.11 Å². The van der Waals surface area contributed by atoms with Crippen LogP contribution in [0.5, 0.6) is 0 Å². The zero-order valence-electron chi connectivity index (χ0n) is 5.96. The molecular formula is C9H12O. The number of rotatable bonds is 0. The van der Waals surface area contributed by atoms with E-state index in [1.807, 2.05) is 0 Å². The molecule has 0 heterocycles. The Balaban J connectivity index is 1.85. The Morgan fingerprint density at radius 1 is 1.30 bits per heavy atom. The first-order valence-electron chi connectivity index (χ1n) is 4.53. The zero-order valence-corrected chi connectivity index (χ0v) is 5.96. The molecule has 4 atom stereocenters. The zero-order chi connectivity index (χ0) is 6.51. The Morgan fingerprint density at radius 2 is 2.10 bits per heavy atom. The van der Waals surface area contributed by atoms with Crippen molar-refractivity contribution in [2.24, 2.45) is 29.1 Å². The van der Waals surface area contributed by atoms with Gasteiger partial charge in [0, 0.05) is 0 Å². The summed E-state index contributed by atoms with van der Waals surface area (Å²) >= 11 is 0. The highest BCUT2D eigenvalue weighted by Gasteiger charge is 2.90.